The molecule has 0 amide bonds. The van der Waals surface area contributed by atoms with Crippen molar-refractivity contribution in [1.29, 1.82) is 0 Å². The molecule has 0 aromatic heterocycles. The molecule has 10 heteroatoms. The molecule has 1 heterocycles. The molecule has 1 N–H and O–H groups in total. The van der Waals surface area contributed by atoms with Crippen molar-refractivity contribution in [2.45, 2.75) is 44.2 Å². The minimum atomic E-state index is -3.68. The maximum Gasteiger partial charge on any atom is 0.243 e. The first kappa shape index (κ1) is 26.0. The van der Waals surface area contributed by atoms with Gasteiger partial charge in [-0.2, -0.15) is 4.31 Å². The van der Waals surface area contributed by atoms with Crippen LogP contribution in [-0.2, 0) is 26.6 Å². The highest BCUT2D eigenvalue weighted by Gasteiger charge is 2.27. The lowest BCUT2D eigenvalue weighted by Crippen LogP contribution is -2.41. The summed E-state index contributed by atoms with van der Waals surface area (Å²) in [5.74, 6) is 0.172. The molecule has 0 aliphatic carbocycles. The fraction of sp³-hybridized carbons (Fsp3) is 0.478. The number of sulfonamides is 2. The molecule has 0 unspecified atom stereocenters. The second-order valence-corrected chi connectivity index (χ2v) is 13.3. The number of hydrogen-bond donors (Lipinski definition) is 1. The number of anilines is 1. The van der Waals surface area contributed by atoms with Gasteiger partial charge in [0.25, 0.3) is 0 Å². The van der Waals surface area contributed by atoms with Crippen molar-refractivity contribution in [2.75, 3.05) is 31.2 Å². The van der Waals surface area contributed by atoms with Crippen molar-refractivity contribution in [3.63, 3.8) is 0 Å². The van der Waals surface area contributed by atoms with Gasteiger partial charge in [0.15, 0.2) is 0 Å². The lowest BCUT2D eigenvalue weighted by atomic mass is 10.1. The number of nitrogens with one attached hydrogen (secondary N) is 1. The van der Waals surface area contributed by atoms with E-state index in [1.807, 2.05) is 26.0 Å². The van der Waals surface area contributed by atoms with Crippen LogP contribution in [0.25, 0.3) is 0 Å². The van der Waals surface area contributed by atoms with Gasteiger partial charge in [0.1, 0.15) is 0 Å². The van der Waals surface area contributed by atoms with Crippen molar-refractivity contribution >= 4 is 37.3 Å². The quantitative estimate of drug-likeness (QED) is 0.547. The molecule has 3 rings (SSSR count). The van der Waals surface area contributed by atoms with Crippen LogP contribution in [0.3, 0.4) is 0 Å². The summed E-state index contributed by atoms with van der Waals surface area (Å²) in [6.07, 6.45) is 2.64. The number of halogens is 1. The number of piperidine rings is 1. The smallest absolute Gasteiger partial charge is 0.243 e. The molecular weight excluding hydrogens is 482 g/mol. The van der Waals surface area contributed by atoms with Gasteiger partial charge in [-0.25, -0.2) is 21.1 Å². The predicted octanol–water partition coefficient (Wildman–Crippen LogP) is 4.02. The van der Waals surface area contributed by atoms with Crippen LogP contribution in [0, 0.1) is 5.92 Å². The van der Waals surface area contributed by atoms with Crippen LogP contribution in [0.1, 0.15) is 32.3 Å². The van der Waals surface area contributed by atoms with Crippen LogP contribution in [-0.4, -0.2) is 57.4 Å². The topological polar surface area (TPSA) is 86.8 Å². The third-order valence-corrected chi connectivity index (χ3v) is 9.01. The number of benzene rings is 2. The molecule has 0 radical (unpaired) electrons. The van der Waals surface area contributed by atoms with Gasteiger partial charge in [0.05, 0.1) is 11.2 Å². The first-order valence-electron chi connectivity index (χ1n) is 11.0. The fourth-order valence-corrected chi connectivity index (χ4v) is 6.48. The molecule has 33 heavy (non-hydrogen) atoms. The Hall–Kier alpha value is -1.65. The Bertz CT molecular complexity index is 1130. The summed E-state index contributed by atoms with van der Waals surface area (Å²) in [5.41, 5.74) is 1.70. The fourth-order valence-electron chi connectivity index (χ4n) is 3.89. The monoisotopic (exact) mass is 513 g/mol. The van der Waals surface area contributed by atoms with Crippen LogP contribution in [0.15, 0.2) is 53.4 Å². The molecule has 1 saturated heterocycles. The van der Waals surface area contributed by atoms with Gasteiger partial charge >= 0.3 is 0 Å². The number of hydrogen-bond acceptors (Lipinski definition) is 5. The van der Waals surface area contributed by atoms with E-state index in [-0.39, 0.29) is 23.4 Å². The predicted molar refractivity (Wildman–Crippen MR) is 133 cm³/mol. The average molecular weight is 514 g/mol. The van der Waals surface area contributed by atoms with E-state index in [2.05, 4.69) is 5.32 Å². The largest absolute Gasteiger partial charge is 0.382 e. The van der Waals surface area contributed by atoms with Crippen LogP contribution in [0.4, 0.5) is 5.69 Å². The third-order valence-electron chi connectivity index (χ3n) is 5.63. The van der Waals surface area contributed by atoms with Gasteiger partial charge in [-0.1, -0.05) is 37.6 Å². The first-order valence-corrected chi connectivity index (χ1v) is 14.7. The van der Waals surface area contributed by atoms with E-state index in [0.29, 0.717) is 37.5 Å². The summed E-state index contributed by atoms with van der Waals surface area (Å²) in [4.78, 5) is 0.245. The SMILES string of the molecule is CC(C)CN(Cc1ccc(Cl)cc1)S(=O)(=O)c1ccc(NC2CCN(S(C)(=O)=O)CC2)cc1. The van der Waals surface area contributed by atoms with Gasteiger partial charge in [0.2, 0.25) is 20.0 Å². The summed E-state index contributed by atoms with van der Waals surface area (Å²) in [5, 5.41) is 4.01. The molecule has 7 nitrogen and oxygen atoms in total. The lowest BCUT2D eigenvalue weighted by Gasteiger charge is -2.31. The number of nitrogens with zero attached hydrogens (tertiary/aromatic N) is 2. The Kier molecular flexibility index (Phi) is 8.45. The Balaban J connectivity index is 1.69. The molecule has 0 bridgehead atoms. The van der Waals surface area contributed by atoms with Crippen LogP contribution >= 0.6 is 11.6 Å². The first-order chi connectivity index (χ1) is 15.4. The van der Waals surface area contributed by atoms with E-state index in [0.717, 1.165) is 11.3 Å². The van der Waals surface area contributed by atoms with E-state index in [9.17, 15) is 16.8 Å². The Morgan fingerprint density at radius 1 is 1.00 bits per heavy atom. The van der Waals surface area contributed by atoms with Gasteiger partial charge < -0.3 is 5.32 Å². The standard InChI is InChI=1S/C23H32ClN3O4S2/c1-18(2)16-27(17-19-4-6-20(24)7-5-19)33(30,31)23-10-8-21(9-11-23)25-22-12-14-26(15-13-22)32(3,28)29/h4-11,18,22,25H,12-17H2,1-3H3. The maximum absolute atomic E-state index is 13.4. The van der Waals surface area contributed by atoms with Crippen molar-refractivity contribution < 1.29 is 16.8 Å². The summed E-state index contributed by atoms with van der Waals surface area (Å²) in [6, 6.07) is 14.1. The second kappa shape index (κ2) is 10.7. The van der Waals surface area contributed by atoms with Crippen LogP contribution in [0.2, 0.25) is 5.02 Å². The molecule has 1 aliphatic rings. The second-order valence-electron chi connectivity index (χ2n) is 8.92. The van der Waals surface area contributed by atoms with Gasteiger partial charge in [0, 0.05) is 42.9 Å². The Morgan fingerprint density at radius 3 is 2.09 bits per heavy atom. The van der Waals surface area contributed by atoms with Gasteiger partial charge in [-0.05, 0) is 60.7 Å². The average Bonchev–Trinajstić information content (AvgIpc) is 2.74. The van der Waals surface area contributed by atoms with E-state index in [1.165, 1.54) is 14.9 Å². The third kappa shape index (κ3) is 7.16. The molecule has 2 aromatic carbocycles. The van der Waals surface area contributed by atoms with Crippen molar-refractivity contribution in [1.82, 2.24) is 8.61 Å². The summed E-state index contributed by atoms with van der Waals surface area (Å²) >= 11 is 5.96. The summed E-state index contributed by atoms with van der Waals surface area (Å²) in [6.45, 7) is 5.63. The van der Waals surface area contributed by atoms with Crippen molar-refractivity contribution in [3.8, 4) is 0 Å². The zero-order chi connectivity index (χ0) is 24.2. The van der Waals surface area contributed by atoms with Crippen molar-refractivity contribution in [3.05, 3.63) is 59.1 Å². The van der Waals surface area contributed by atoms with E-state index in [4.69, 9.17) is 11.6 Å². The molecule has 1 aliphatic heterocycles. The molecule has 0 saturated carbocycles. The lowest BCUT2D eigenvalue weighted by molar-refractivity contribution is 0.332. The molecule has 0 spiro atoms. The molecule has 2 aromatic rings. The van der Waals surface area contributed by atoms with Crippen LogP contribution in [0.5, 0.6) is 0 Å². The van der Waals surface area contributed by atoms with Gasteiger partial charge in [-0.15, -0.1) is 0 Å². The normalized spacial score (nSPS) is 16.4. The number of rotatable bonds is 9. The minimum Gasteiger partial charge on any atom is -0.382 e. The summed E-state index contributed by atoms with van der Waals surface area (Å²) < 4.78 is 53.1. The molecule has 0 atom stereocenters. The molecular formula is C23H32ClN3O4S2. The molecule has 182 valence electrons. The Morgan fingerprint density at radius 2 is 1.58 bits per heavy atom. The highest BCUT2D eigenvalue weighted by Crippen LogP contribution is 2.24. The van der Waals surface area contributed by atoms with Crippen LogP contribution < -0.4 is 5.32 Å². The molecule has 1 fully saturated rings. The Labute approximate surface area is 202 Å². The maximum atomic E-state index is 13.4. The van der Waals surface area contributed by atoms with E-state index < -0.39 is 20.0 Å². The van der Waals surface area contributed by atoms with E-state index >= 15 is 0 Å². The van der Waals surface area contributed by atoms with Crippen molar-refractivity contribution in [2.24, 2.45) is 5.92 Å². The van der Waals surface area contributed by atoms with Gasteiger partial charge in [-0.3, -0.25) is 0 Å². The minimum absolute atomic E-state index is 0.146. The zero-order valence-corrected chi connectivity index (χ0v) is 21.6. The van der Waals surface area contributed by atoms with E-state index in [1.54, 1.807) is 36.4 Å². The highest BCUT2D eigenvalue weighted by molar-refractivity contribution is 7.89. The zero-order valence-electron chi connectivity index (χ0n) is 19.2. The highest BCUT2D eigenvalue weighted by atomic mass is 35.5. The summed E-state index contributed by atoms with van der Waals surface area (Å²) in [7, 11) is -6.84.